The van der Waals surface area contributed by atoms with Crippen LogP contribution in [0.1, 0.15) is 5.69 Å². The number of hydrogen-bond donors (Lipinski definition) is 0. The van der Waals surface area contributed by atoms with Crippen molar-refractivity contribution in [2.24, 2.45) is 14.1 Å². The lowest BCUT2D eigenvalue weighted by Gasteiger charge is -2.06. The second-order valence-electron chi connectivity index (χ2n) is 2.61. The predicted octanol–water partition coefficient (Wildman–Crippen LogP) is 0.155. The summed E-state index contributed by atoms with van der Waals surface area (Å²) in [7, 11) is 3.08. The van der Waals surface area contributed by atoms with Gasteiger partial charge in [0.15, 0.2) is 0 Å². The molecule has 0 bridgehead atoms. The largest absolute Gasteiger partial charge is 0.330 e. The first-order valence-electron chi connectivity index (χ1n) is 3.39. The van der Waals surface area contributed by atoms with E-state index < -0.39 is 0 Å². The lowest BCUT2D eigenvalue weighted by atomic mass is 10.4. The monoisotopic (exact) mass is 232 g/mol. The molecule has 0 unspecified atom stereocenters. The first-order valence-corrected chi connectivity index (χ1v) is 4.18. The molecule has 1 rings (SSSR count). The fourth-order valence-electron chi connectivity index (χ4n) is 0.905. The molecule has 1 heterocycles. The fraction of sp³-hybridized carbons (Fsp3) is 0.429. The summed E-state index contributed by atoms with van der Waals surface area (Å²) in [5.74, 6) is 0. The van der Waals surface area contributed by atoms with Crippen LogP contribution in [0.4, 0.5) is 0 Å². The van der Waals surface area contributed by atoms with E-state index in [2.05, 4.69) is 15.9 Å². The molecule has 0 aromatic carbocycles. The van der Waals surface area contributed by atoms with Crippen molar-refractivity contribution in [2.75, 3.05) is 0 Å². The lowest BCUT2D eigenvalue weighted by molar-refractivity contribution is 0.661. The third-order valence-corrected chi connectivity index (χ3v) is 2.80. The van der Waals surface area contributed by atoms with Crippen LogP contribution >= 0.6 is 15.9 Å². The number of hydrogen-bond acceptors (Lipinski definition) is 2. The molecule has 12 heavy (non-hydrogen) atoms. The van der Waals surface area contributed by atoms with Crippen LogP contribution in [0, 0.1) is 6.92 Å². The molecule has 0 radical (unpaired) electrons. The van der Waals surface area contributed by atoms with E-state index in [9.17, 15) is 9.59 Å². The highest BCUT2D eigenvalue weighted by molar-refractivity contribution is 9.10. The number of nitrogens with zero attached hydrogens (tertiary/aromatic N) is 2. The molecule has 0 saturated carbocycles. The predicted molar refractivity (Wildman–Crippen MR) is 49.4 cm³/mol. The zero-order valence-electron chi connectivity index (χ0n) is 7.09. The zero-order valence-corrected chi connectivity index (χ0v) is 8.67. The number of aromatic nitrogens is 2. The van der Waals surface area contributed by atoms with Gasteiger partial charge in [-0.15, -0.1) is 0 Å². The Bertz CT molecular complexity index is 393. The molecular weight excluding hydrogens is 224 g/mol. The minimum atomic E-state index is -0.305. The molecule has 0 aliphatic heterocycles. The highest BCUT2D eigenvalue weighted by Crippen LogP contribution is 2.05. The minimum absolute atomic E-state index is 0.296. The second kappa shape index (κ2) is 2.90. The first kappa shape index (κ1) is 9.25. The Morgan fingerprint density at radius 2 is 1.67 bits per heavy atom. The summed E-state index contributed by atoms with van der Waals surface area (Å²) in [6, 6.07) is 0. The Morgan fingerprint density at radius 3 is 2.17 bits per heavy atom. The number of halogens is 1. The third kappa shape index (κ3) is 1.14. The van der Waals surface area contributed by atoms with E-state index in [1.165, 1.54) is 11.6 Å². The van der Waals surface area contributed by atoms with E-state index in [-0.39, 0.29) is 11.2 Å². The average Bonchev–Trinajstić information content (AvgIpc) is 2.08. The van der Waals surface area contributed by atoms with Crippen LogP contribution in [0.25, 0.3) is 0 Å². The Labute approximate surface area is 77.6 Å². The van der Waals surface area contributed by atoms with Gasteiger partial charge >= 0.3 is 5.69 Å². The van der Waals surface area contributed by atoms with Crippen LogP contribution in [-0.2, 0) is 14.1 Å². The van der Waals surface area contributed by atoms with Gasteiger partial charge in [-0.2, -0.15) is 0 Å². The maximum absolute atomic E-state index is 11.3. The van der Waals surface area contributed by atoms with Crippen molar-refractivity contribution < 1.29 is 0 Å². The Kier molecular flexibility index (Phi) is 2.23. The van der Waals surface area contributed by atoms with Crippen LogP contribution in [0.3, 0.4) is 0 Å². The van der Waals surface area contributed by atoms with Crippen LogP contribution < -0.4 is 11.2 Å². The van der Waals surface area contributed by atoms with Gasteiger partial charge in [0.25, 0.3) is 5.56 Å². The molecule has 0 saturated heterocycles. The van der Waals surface area contributed by atoms with Gasteiger partial charge < -0.3 is 0 Å². The van der Waals surface area contributed by atoms with Gasteiger partial charge in [0.05, 0.1) is 0 Å². The van der Waals surface area contributed by atoms with E-state index in [0.29, 0.717) is 10.2 Å². The Balaban J connectivity index is 3.86. The molecule has 1 aromatic rings. The third-order valence-electron chi connectivity index (χ3n) is 1.89. The smallest absolute Gasteiger partial charge is 0.300 e. The summed E-state index contributed by atoms with van der Waals surface area (Å²) in [5, 5.41) is 0. The van der Waals surface area contributed by atoms with E-state index in [1.54, 1.807) is 14.0 Å². The Morgan fingerprint density at radius 1 is 1.17 bits per heavy atom. The summed E-state index contributed by atoms with van der Waals surface area (Å²) in [4.78, 5) is 22.5. The molecule has 1 aromatic heterocycles. The summed E-state index contributed by atoms with van der Waals surface area (Å²) in [5.41, 5.74) is 0.0411. The standard InChI is InChI=1S/C7H9BrN2O2/c1-4-5(8)6(11)10(3)7(12)9(4)2/h1-3H3. The normalized spacial score (nSPS) is 10.3. The highest BCUT2D eigenvalue weighted by atomic mass is 79.9. The molecule has 0 spiro atoms. The topological polar surface area (TPSA) is 44.0 Å². The molecular formula is C7H9BrN2O2. The van der Waals surface area contributed by atoms with Gasteiger partial charge in [-0.05, 0) is 22.9 Å². The van der Waals surface area contributed by atoms with Crippen LogP contribution in [0.2, 0.25) is 0 Å². The minimum Gasteiger partial charge on any atom is -0.300 e. The van der Waals surface area contributed by atoms with Gasteiger partial charge in [0.2, 0.25) is 0 Å². The van der Waals surface area contributed by atoms with Crippen molar-refractivity contribution in [1.82, 2.24) is 9.13 Å². The summed E-state index contributed by atoms with van der Waals surface area (Å²) >= 11 is 3.12. The van der Waals surface area contributed by atoms with Gasteiger partial charge in [0, 0.05) is 19.8 Å². The molecule has 4 nitrogen and oxygen atoms in total. The maximum atomic E-state index is 11.3. The highest BCUT2D eigenvalue weighted by Gasteiger charge is 2.08. The van der Waals surface area contributed by atoms with Crippen LogP contribution in [0.5, 0.6) is 0 Å². The van der Waals surface area contributed by atoms with E-state index in [4.69, 9.17) is 0 Å². The molecule has 0 amide bonds. The van der Waals surface area contributed by atoms with E-state index in [1.807, 2.05) is 0 Å². The molecule has 0 aliphatic rings. The average molecular weight is 233 g/mol. The second-order valence-corrected chi connectivity index (χ2v) is 3.40. The van der Waals surface area contributed by atoms with Crippen molar-refractivity contribution in [2.45, 2.75) is 6.92 Å². The summed E-state index contributed by atoms with van der Waals surface area (Å²) < 4.78 is 2.93. The van der Waals surface area contributed by atoms with Crippen molar-refractivity contribution in [1.29, 1.82) is 0 Å². The van der Waals surface area contributed by atoms with Crippen molar-refractivity contribution in [3.63, 3.8) is 0 Å². The van der Waals surface area contributed by atoms with Crippen molar-refractivity contribution in [3.8, 4) is 0 Å². The van der Waals surface area contributed by atoms with E-state index >= 15 is 0 Å². The van der Waals surface area contributed by atoms with Gasteiger partial charge in [-0.25, -0.2) is 4.79 Å². The quantitative estimate of drug-likeness (QED) is 0.640. The molecule has 5 heteroatoms. The van der Waals surface area contributed by atoms with Gasteiger partial charge in [-0.3, -0.25) is 13.9 Å². The van der Waals surface area contributed by atoms with Crippen LogP contribution in [-0.4, -0.2) is 9.13 Å². The fourth-order valence-corrected chi connectivity index (χ4v) is 1.44. The lowest BCUT2D eigenvalue weighted by Crippen LogP contribution is -2.38. The van der Waals surface area contributed by atoms with Gasteiger partial charge in [0.1, 0.15) is 4.47 Å². The summed E-state index contributed by atoms with van der Waals surface area (Å²) in [6.07, 6.45) is 0. The summed E-state index contributed by atoms with van der Waals surface area (Å²) in [6.45, 7) is 1.72. The molecule has 0 atom stereocenters. The molecule has 66 valence electrons. The molecule has 0 N–H and O–H groups in total. The van der Waals surface area contributed by atoms with Crippen molar-refractivity contribution in [3.05, 3.63) is 31.0 Å². The Hall–Kier alpha value is -0.840. The molecule has 0 fully saturated rings. The molecule has 0 aliphatic carbocycles. The van der Waals surface area contributed by atoms with Crippen LogP contribution in [0.15, 0.2) is 14.1 Å². The zero-order chi connectivity index (χ0) is 9.46. The number of rotatable bonds is 0. The first-order chi connectivity index (χ1) is 5.46. The van der Waals surface area contributed by atoms with Gasteiger partial charge in [-0.1, -0.05) is 0 Å². The maximum Gasteiger partial charge on any atom is 0.330 e. The van der Waals surface area contributed by atoms with E-state index in [0.717, 1.165) is 4.57 Å². The van der Waals surface area contributed by atoms with Crippen molar-refractivity contribution >= 4 is 15.9 Å². The SMILES string of the molecule is Cc1c(Br)c(=O)n(C)c(=O)n1C.